The number of ether oxygens (including phenoxy) is 1. The zero-order valence-electron chi connectivity index (χ0n) is 15.8. The van der Waals surface area contributed by atoms with Gasteiger partial charge in [0.1, 0.15) is 5.60 Å². The molecule has 2 aliphatic carbocycles. The second-order valence-electron chi connectivity index (χ2n) is 8.99. The molecule has 4 atom stereocenters. The van der Waals surface area contributed by atoms with Gasteiger partial charge in [-0.2, -0.15) is 0 Å². The predicted molar refractivity (Wildman–Crippen MR) is 93.1 cm³/mol. The molecule has 0 aromatic carbocycles. The summed E-state index contributed by atoms with van der Waals surface area (Å²) in [4.78, 5) is 11.9. The SMILES string of the molecule is CC(=O)O[C@@]1([C@@H](C)CCCC(C)(C)O)CC[C@@H]2CCCC[C@]21C. The maximum atomic E-state index is 11.9. The highest BCUT2D eigenvalue weighted by atomic mass is 16.6. The Morgan fingerprint density at radius 1 is 1.30 bits per heavy atom. The number of rotatable bonds is 6. The van der Waals surface area contributed by atoms with Crippen LogP contribution in [-0.4, -0.2) is 22.3 Å². The van der Waals surface area contributed by atoms with Crippen molar-refractivity contribution < 1.29 is 14.6 Å². The Kier molecular flexibility index (Phi) is 5.50. The van der Waals surface area contributed by atoms with Crippen molar-refractivity contribution in [1.82, 2.24) is 0 Å². The Morgan fingerprint density at radius 2 is 2.00 bits per heavy atom. The number of fused-ring (bicyclic) bond motifs is 1. The number of hydrogen-bond acceptors (Lipinski definition) is 3. The van der Waals surface area contributed by atoms with Crippen molar-refractivity contribution >= 4 is 5.97 Å². The minimum Gasteiger partial charge on any atom is -0.458 e. The molecule has 0 heterocycles. The van der Waals surface area contributed by atoms with Gasteiger partial charge in [-0.15, -0.1) is 0 Å². The topological polar surface area (TPSA) is 46.5 Å². The molecule has 0 aromatic heterocycles. The average molecular weight is 325 g/mol. The van der Waals surface area contributed by atoms with Crippen LogP contribution in [0.1, 0.15) is 92.4 Å². The van der Waals surface area contributed by atoms with Crippen LogP contribution in [0.2, 0.25) is 0 Å². The number of carbonyl (C=O) groups excluding carboxylic acids is 1. The lowest BCUT2D eigenvalue weighted by atomic mass is 9.59. The van der Waals surface area contributed by atoms with Crippen molar-refractivity contribution in [3.8, 4) is 0 Å². The highest BCUT2D eigenvalue weighted by Gasteiger charge is 2.61. The van der Waals surface area contributed by atoms with Crippen LogP contribution in [0.15, 0.2) is 0 Å². The minimum atomic E-state index is -0.610. The van der Waals surface area contributed by atoms with Crippen LogP contribution < -0.4 is 0 Å². The van der Waals surface area contributed by atoms with E-state index in [1.165, 1.54) is 32.1 Å². The third kappa shape index (κ3) is 3.75. The van der Waals surface area contributed by atoms with Gasteiger partial charge in [-0.25, -0.2) is 0 Å². The van der Waals surface area contributed by atoms with E-state index in [2.05, 4.69) is 13.8 Å². The lowest BCUT2D eigenvalue weighted by molar-refractivity contribution is -0.187. The Morgan fingerprint density at radius 3 is 2.61 bits per heavy atom. The molecule has 2 rings (SSSR count). The number of aliphatic hydroxyl groups is 1. The standard InChI is InChI=1S/C20H36O3/c1-15(9-8-12-18(3,4)22)20(23-16(2)21)14-11-17-10-6-7-13-19(17,20)5/h15,17,22H,6-14H2,1-5H3/t15-,17-,19+,20+/m0/s1. The van der Waals surface area contributed by atoms with E-state index in [0.29, 0.717) is 11.8 Å². The second kappa shape index (κ2) is 6.74. The first-order valence-electron chi connectivity index (χ1n) is 9.53. The molecule has 0 amide bonds. The first kappa shape index (κ1) is 18.8. The van der Waals surface area contributed by atoms with Gasteiger partial charge in [-0.05, 0) is 64.2 Å². The molecular formula is C20H36O3. The Labute approximate surface area is 142 Å². The molecule has 0 saturated heterocycles. The van der Waals surface area contributed by atoms with Gasteiger partial charge in [-0.3, -0.25) is 4.79 Å². The van der Waals surface area contributed by atoms with Gasteiger partial charge in [0.15, 0.2) is 0 Å². The number of carbonyl (C=O) groups is 1. The van der Waals surface area contributed by atoms with Gasteiger partial charge in [0.2, 0.25) is 0 Å². The van der Waals surface area contributed by atoms with Crippen molar-refractivity contribution in [2.75, 3.05) is 0 Å². The lowest BCUT2D eigenvalue weighted by Gasteiger charge is -2.51. The summed E-state index contributed by atoms with van der Waals surface area (Å²) in [5, 5.41) is 9.96. The summed E-state index contributed by atoms with van der Waals surface area (Å²) in [6.07, 6.45) is 10.0. The summed E-state index contributed by atoms with van der Waals surface area (Å²) in [7, 11) is 0. The van der Waals surface area contributed by atoms with Crippen LogP contribution in [0.25, 0.3) is 0 Å². The zero-order chi connectivity index (χ0) is 17.3. The summed E-state index contributed by atoms with van der Waals surface area (Å²) in [6, 6.07) is 0. The smallest absolute Gasteiger partial charge is 0.303 e. The van der Waals surface area contributed by atoms with Crippen molar-refractivity contribution in [3.05, 3.63) is 0 Å². The molecule has 1 N–H and O–H groups in total. The van der Waals surface area contributed by atoms with Crippen LogP contribution in [0.4, 0.5) is 0 Å². The third-order valence-corrected chi connectivity index (χ3v) is 6.78. The van der Waals surface area contributed by atoms with E-state index in [4.69, 9.17) is 4.74 Å². The van der Waals surface area contributed by atoms with Gasteiger partial charge in [0.25, 0.3) is 0 Å². The van der Waals surface area contributed by atoms with E-state index < -0.39 is 5.60 Å². The van der Waals surface area contributed by atoms with Crippen LogP contribution in [0.5, 0.6) is 0 Å². The molecule has 2 saturated carbocycles. The molecule has 3 heteroatoms. The highest BCUT2D eigenvalue weighted by Crippen LogP contribution is 2.62. The summed E-state index contributed by atoms with van der Waals surface area (Å²) >= 11 is 0. The molecular weight excluding hydrogens is 288 g/mol. The van der Waals surface area contributed by atoms with E-state index in [-0.39, 0.29) is 17.0 Å². The highest BCUT2D eigenvalue weighted by molar-refractivity contribution is 5.66. The van der Waals surface area contributed by atoms with E-state index in [0.717, 1.165) is 25.7 Å². The van der Waals surface area contributed by atoms with E-state index in [9.17, 15) is 9.90 Å². The predicted octanol–water partition coefficient (Wildman–Crippen LogP) is 4.86. The van der Waals surface area contributed by atoms with Gasteiger partial charge in [0.05, 0.1) is 5.60 Å². The summed E-state index contributed by atoms with van der Waals surface area (Å²) in [5.41, 5.74) is -0.782. The fraction of sp³-hybridized carbons (Fsp3) is 0.950. The molecule has 134 valence electrons. The Bertz CT molecular complexity index is 425. The molecule has 0 unspecified atom stereocenters. The van der Waals surface area contributed by atoms with Gasteiger partial charge in [-0.1, -0.05) is 33.1 Å². The second-order valence-corrected chi connectivity index (χ2v) is 8.99. The molecule has 3 nitrogen and oxygen atoms in total. The maximum Gasteiger partial charge on any atom is 0.303 e. The van der Waals surface area contributed by atoms with Crippen LogP contribution in [0.3, 0.4) is 0 Å². The molecule has 0 radical (unpaired) electrons. The van der Waals surface area contributed by atoms with Crippen LogP contribution >= 0.6 is 0 Å². The third-order valence-electron chi connectivity index (χ3n) is 6.78. The van der Waals surface area contributed by atoms with Crippen molar-refractivity contribution in [3.63, 3.8) is 0 Å². The molecule has 23 heavy (non-hydrogen) atoms. The molecule has 0 spiro atoms. The first-order chi connectivity index (χ1) is 10.6. The lowest BCUT2D eigenvalue weighted by Crippen LogP contribution is -2.53. The van der Waals surface area contributed by atoms with Crippen LogP contribution in [0, 0.1) is 17.3 Å². The van der Waals surface area contributed by atoms with Crippen molar-refractivity contribution in [1.29, 1.82) is 0 Å². The van der Waals surface area contributed by atoms with E-state index in [1.54, 1.807) is 6.92 Å². The quantitative estimate of drug-likeness (QED) is 0.710. The molecule has 0 aromatic rings. The number of esters is 1. The summed E-state index contributed by atoms with van der Waals surface area (Å²) in [6.45, 7) is 9.93. The zero-order valence-corrected chi connectivity index (χ0v) is 15.8. The van der Waals surface area contributed by atoms with Gasteiger partial charge >= 0.3 is 5.97 Å². The van der Waals surface area contributed by atoms with Crippen LogP contribution in [-0.2, 0) is 9.53 Å². The Hall–Kier alpha value is -0.570. The Balaban J connectivity index is 2.17. The molecule has 0 bridgehead atoms. The largest absolute Gasteiger partial charge is 0.458 e. The fourth-order valence-corrected chi connectivity index (χ4v) is 5.51. The average Bonchev–Trinajstić information content (AvgIpc) is 2.71. The molecule has 2 aliphatic rings. The normalized spacial score (nSPS) is 35.7. The summed E-state index contributed by atoms with van der Waals surface area (Å²) in [5.74, 6) is 0.918. The van der Waals surface area contributed by atoms with Gasteiger partial charge in [0, 0.05) is 12.3 Å². The first-order valence-corrected chi connectivity index (χ1v) is 9.53. The van der Waals surface area contributed by atoms with E-state index >= 15 is 0 Å². The van der Waals surface area contributed by atoms with Crippen molar-refractivity contribution in [2.24, 2.45) is 17.3 Å². The number of hydrogen-bond donors (Lipinski definition) is 1. The molecule has 2 fully saturated rings. The fourth-order valence-electron chi connectivity index (χ4n) is 5.51. The van der Waals surface area contributed by atoms with Crippen molar-refractivity contribution in [2.45, 2.75) is 104 Å². The molecule has 0 aliphatic heterocycles. The maximum absolute atomic E-state index is 11.9. The summed E-state index contributed by atoms with van der Waals surface area (Å²) < 4.78 is 6.11. The van der Waals surface area contributed by atoms with E-state index in [1.807, 2.05) is 13.8 Å². The van der Waals surface area contributed by atoms with Gasteiger partial charge < -0.3 is 9.84 Å². The minimum absolute atomic E-state index is 0.130. The monoisotopic (exact) mass is 324 g/mol.